The van der Waals surface area contributed by atoms with E-state index in [1.807, 2.05) is 24.3 Å². The van der Waals surface area contributed by atoms with Crippen molar-refractivity contribution in [2.24, 2.45) is 0 Å². The van der Waals surface area contributed by atoms with Crippen LogP contribution in [0.2, 0.25) is 0 Å². The Hall–Kier alpha value is -1.49. The van der Waals surface area contributed by atoms with Gasteiger partial charge in [-0.1, -0.05) is 18.2 Å². The Bertz CT molecular complexity index is 475. The van der Waals surface area contributed by atoms with Crippen molar-refractivity contribution in [2.75, 3.05) is 19.3 Å². The first kappa shape index (κ1) is 13.0. The third-order valence-corrected chi connectivity index (χ3v) is 4.13. The van der Waals surface area contributed by atoms with E-state index in [9.17, 15) is 9.59 Å². The van der Waals surface area contributed by atoms with Crippen molar-refractivity contribution in [1.29, 1.82) is 0 Å². The number of hydrogen-bond donors (Lipinski definition) is 1. The highest BCUT2D eigenvalue weighted by atomic mass is 32.2. The Morgan fingerprint density at radius 3 is 2.89 bits per heavy atom. The highest BCUT2D eigenvalue weighted by Gasteiger charge is 2.29. The molecule has 1 aliphatic rings. The third kappa shape index (κ3) is 2.67. The average molecular weight is 265 g/mol. The number of thioether (sulfide) groups is 1. The number of amides is 1. The Balaban J connectivity index is 2.20. The first-order chi connectivity index (χ1) is 8.59. The largest absolute Gasteiger partial charge is 0.480 e. The number of hydrogen-bond acceptors (Lipinski definition) is 3. The van der Waals surface area contributed by atoms with Crippen LogP contribution in [0.5, 0.6) is 0 Å². The molecule has 1 aliphatic heterocycles. The molecule has 1 aromatic rings. The standard InChI is InChI=1S/C13H15NO3S/c1-14(8-12(15)16)13(17)10-6-7-18-11-5-3-2-4-9(10)11/h2-5,10H,6-8H2,1H3,(H,15,16). The van der Waals surface area contributed by atoms with Gasteiger partial charge in [-0.2, -0.15) is 0 Å². The van der Waals surface area contributed by atoms with Gasteiger partial charge in [-0.25, -0.2) is 0 Å². The Labute approximate surface area is 110 Å². The summed E-state index contributed by atoms with van der Waals surface area (Å²) >= 11 is 1.75. The first-order valence-corrected chi connectivity index (χ1v) is 6.76. The molecular formula is C13H15NO3S. The predicted molar refractivity (Wildman–Crippen MR) is 69.8 cm³/mol. The molecule has 1 heterocycles. The first-order valence-electron chi connectivity index (χ1n) is 5.78. The second-order valence-corrected chi connectivity index (χ2v) is 5.45. The van der Waals surface area contributed by atoms with Crippen molar-refractivity contribution in [2.45, 2.75) is 17.2 Å². The number of aliphatic carboxylic acids is 1. The minimum Gasteiger partial charge on any atom is -0.480 e. The fourth-order valence-corrected chi connectivity index (χ4v) is 3.27. The molecule has 1 amide bonds. The van der Waals surface area contributed by atoms with Crippen LogP contribution in [-0.2, 0) is 9.59 Å². The van der Waals surface area contributed by atoms with Crippen LogP contribution >= 0.6 is 11.8 Å². The highest BCUT2D eigenvalue weighted by Crippen LogP contribution is 2.37. The van der Waals surface area contributed by atoms with Crippen LogP contribution in [0.1, 0.15) is 17.9 Å². The van der Waals surface area contributed by atoms with E-state index < -0.39 is 5.97 Å². The lowest BCUT2D eigenvalue weighted by atomic mass is 9.94. The number of nitrogens with zero attached hydrogens (tertiary/aromatic N) is 1. The summed E-state index contributed by atoms with van der Waals surface area (Å²) in [5.74, 6) is -0.393. The number of benzene rings is 1. The average Bonchev–Trinajstić information content (AvgIpc) is 2.36. The van der Waals surface area contributed by atoms with E-state index in [-0.39, 0.29) is 18.4 Å². The number of carbonyl (C=O) groups excluding carboxylic acids is 1. The number of carboxylic acid groups (broad SMARTS) is 1. The summed E-state index contributed by atoms with van der Waals surface area (Å²) in [6.07, 6.45) is 0.768. The molecule has 0 aromatic heterocycles. The van der Waals surface area contributed by atoms with Gasteiger partial charge in [0, 0.05) is 11.9 Å². The fourth-order valence-electron chi connectivity index (χ4n) is 2.15. The number of likely N-dealkylation sites (N-methyl/N-ethyl adjacent to an activating group) is 1. The topological polar surface area (TPSA) is 57.6 Å². The second-order valence-electron chi connectivity index (χ2n) is 4.32. The van der Waals surface area contributed by atoms with E-state index in [1.165, 1.54) is 4.90 Å². The van der Waals surface area contributed by atoms with Crippen molar-refractivity contribution in [3.8, 4) is 0 Å². The maximum absolute atomic E-state index is 12.2. The van der Waals surface area contributed by atoms with Gasteiger partial charge in [0.1, 0.15) is 6.54 Å². The predicted octanol–water partition coefficient (Wildman–Crippen LogP) is 1.81. The van der Waals surface area contributed by atoms with Gasteiger partial charge < -0.3 is 10.0 Å². The van der Waals surface area contributed by atoms with Gasteiger partial charge in [0.2, 0.25) is 5.91 Å². The molecule has 0 spiro atoms. The summed E-state index contributed by atoms with van der Waals surface area (Å²) in [7, 11) is 1.54. The molecule has 96 valence electrons. The lowest BCUT2D eigenvalue weighted by Crippen LogP contribution is -2.36. The Morgan fingerprint density at radius 2 is 2.17 bits per heavy atom. The van der Waals surface area contributed by atoms with Gasteiger partial charge in [0.15, 0.2) is 0 Å². The van der Waals surface area contributed by atoms with E-state index in [1.54, 1.807) is 18.8 Å². The zero-order valence-electron chi connectivity index (χ0n) is 10.1. The summed E-state index contributed by atoms with van der Waals surface area (Å²) in [5.41, 5.74) is 1.02. The monoisotopic (exact) mass is 265 g/mol. The van der Waals surface area contributed by atoms with Crippen LogP contribution in [0.15, 0.2) is 29.2 Å². The molecule has 18 heavy (non-hydrogen) atoms. The van der Waals surface area contributed by atoms with Crippen molar-refractivity contribution >= 4 is 23.6 Å². The third-order valence-electron chi connectivity index (χ3n) is 3.01. The van der Waals surface area contributed by atoms with Crippen LogP contribution in [0, 0.1) is 0 Å². The van der Waals surface area contributed by atoms with Gasteiger partial charge in [0.05, 0.1) is 5.92 Å². The minimum atomic E-state index is -0.982. The lowest BCUT2D eigenvalue weighted by Gasteiger charge is -2.27. The second kappa shape index (κ2) is 5.44. The fraction of sp³-hybridized carbons (Fsp3) is 0.385. The van der Waals surface area contributed by atoms with Crippen LogP contribution in [0.25, 0.3) is 0 Å². The molecule has 5 heteroatoms. The molecule has 0 saturated heterocycles. The molecule has 4 nitrogen and oxygen atoms in total. The Morgan fingerprint density at radius 1 is 1.44 bits per heavy atom. The van der Waals surface area contributed by atoms with Gasteiger partial charge >= 0.3 is 5.97 Å². The lowest BCUT2D eigenvalue weighted by molar-refractivity contribution is -0.144. The van der Waals surface area contributed by atoms with E-state index in [2.05, 4.69) is 0 Å². The highest BCUT2D eigenvalue weighted by molar-refractivity contribution is 7.99. The summed E-state index contributed by atoms with van der Waals surface area (Å²) in [5, 5.41) is 8.73. The van der Waals surface area contributed by atoms with Gasteiger partial charge in [-0.3, -0.25) is 9.59 Å². The van der Waals surface area contributed by atoms with Gasteiger partial charge in [0.25, 0.3) is 0 Å². The SMILES string of the molecule is CN(CC(=O)O)C(=O)C1CCSc2ccccc21. The molecule has 0 saturated carbocycles. The summed E-state index contributed by atoms with van der Waals surface area (Å²) in [6, 6.07) is 7.84. The quantitative estimate of drug-likeness (QED) is 0.905. The Kier molecular flexibility index (Phi) is 3.91. The van der Waals surface area contributed by atoms with E-state index in [0.29, 0.717) is 0 Å². The maximum atomic E-state index is 12.2. The smallest absolute Gasteiger partial charge is 0.323 e. The molecule has 2 rings (SSSR count). The maximum Gasteiger partial charge on any atom is 0.323 e. The number of carbonyl (C=O) groups is 2. The van der Waals surface area contributed by atoms with Crippen molar-refractivity contribution in [3.63, 3.8) is 0 Å². The molecule has 1 unspecified atom stereocenters. The van der Waals surface area contributed by atoms with Crippen molar-refractivity contribution < 1.29 is 14.7 Å². The molecule has 0 fully saturated rings. The van der Waals surface area contributed by atoms with E-state index in [4.69, 9.17) is 5.11 Å². The molecular weight excluding hydrogens is 250 g/mol. The molecule has 1 aromatic carbocycles. The van der Waals surface area contributed by atoms with E-state index in [0.717, 1.165) is 22.6 Å². The molecule has 1 N–H and O–H groups in total. The number of rotatable bonds is 3. The van der Waals surface area contributed by atoms with Crippen molar-refractivity contribution in [1.82, 2.24) is 4.90 Å². The summed E-state index contributed by atoms with van der Waals surface area (Å²) in [6.45, 7) is -0.245. The van der Waals surface area contributed by atoms with Crippen LogP contribution in [0.4, 0.5) is 0 Å². The molecule has 0 aliphatic carbocycles. The van der Waals surface area contributed by atoms with Crippen LogP contribution in [0.3, 0.4) is 0 Å². The molecule has 1 atom stereocenters. The van der Waals surface area contributed by atoms with Gasteiger partial charge in [-0.15, -0.1) is 11.8 Å². The zero-order valence-corrected chi connectivity index (χ0v) is 10.9. The minimum absolute atomic E-state index is 0.106. The zero-order chi connectivity index (χ0) is 13.1. The van der Waals surface area contributed by atoms with Crippen LogP contribution in [-0.4, -0.2) is 41.2 Å². The van der Waals surface area contributed by atoms with Crippen LogP contribution < -0.4 is 0 Å². The van der Waals surface area contributed by atoms with Gasteiger partial charge in [-0.05, 0) is 23.8 Å². The number of fused-ring (bicyclic) bond motifs is 1. The van der Waals surface area contributed by atoms with Crippen molar-refractivity contribution in [3.05, 3.63) is 29.8 Å². The molecule has 0 radical (unpaired) electrons. The molecule has 0 bridgehead atoms. The summed E-state index contributed by atoms with van der Waals surface area (Å²) < 4.78 is 0. The normalized spacial score (nSPS) is 17.9. The number of carboxylic acids is 1. The summed E-state index contributed by atoms with van der Waals surface area (Å²) in [4.78, 5) is 25.3. The van der Waals surface area contributed by atoms with E-state index >= 15 is 0 Å².